The molecule has 1 aliphatic heterocycles. The molecule has 0 aromatic rings. The second-order valence-electron chi connectivity index (χ2n) is 2.68. The van der Waals surface area contributed by atoms with Gasteiger partial charge >= 0.3 is 0 Å². The average molecular weight is 174 g/mol. The Morgan fingerprint density at radius 2 is 2.25 bits per heavy atom. The number of methoxy groups -OCH3 is 2. The van der Waals surface area contributed by atoms with E-state index >= 15 is 0 Å². The van der Waals surface area contributed by atoms with E-state index in [9.17, 15) is 5.11 Å². The molecule has 0 saturated carbocycles. The second kappa shape index (κ2) is 3.53. The zero-order chi connectivity index (χ0) is 9.19. The van der Waals surface area contributed by atoms with Gasteiger partial charge in [0.2, 0.25) is 5.79 Å². The number of hydrogen-bond donors (Lipinski definition) is 1. The van der Waals surface area contributed by atoms with Crippen LogP contribution in [0.25, 0.3) is 0 Å². The summed E-state index contributed by atoms with van der Waals surface area (Å²) in [6.45, 7) is 1.60. The lowest BCUT2D eigenvalue weighted by Crippen LogP contribution is -2.42. The highest BCUT2D eigenvalue weighted by Gasteiger charge is 2.40. The van der Waals surface area contributed by atoms with Gasteiger partial charge in [-0.3, -0.25) is 0 Å². The van der Waals surface area contributed by atoms with E-state index in [-0.39, 0.29) is 0 Å². The normalized spacial score (nSPS) is 37.2. The first-order valence-corrected chi connectivity index (χ1v) is 3.78. The molecule has 0 aromatic heterocycles. The van der Waals surface area contributed by atoms with Crippen molar-refractivity contribution in [3.05, 3.63) is 12.2 Å². The highest BCUT2D eigenvalue weighted by Crippen LogP contribution is 2.27. The lowest BCUT2D eigenvalue weighted by atomic mass is 10.2. The molecular formula is C8H14O4. The van der Waals surface area contributed by atoms with Gasteiger partial charge in [0.05, 0.1) is 0 Å². The maximum Gasteiger partial charge on any atom is 0.217 e. The summed E-state index contributed by atoms with van der Waals surface area (Å²) in [4.78, 5) is 0. The van der Waals surface area contributed by atoms with Gasteiger partial charge in [-0.05, 0) is 19.1 Å². The van der Waals surface area contributed by atoms with Gasteiger partial charge < -0.3 is 19.3 Å². The molecule has 0 unspecified atom stereocenters. The van der Waals surface area contributed by atoms with Gasteiger partial charge in [0, 0.05) is 14.2 Å². The topological polar surface area (TPSA) is 47.9 Å². The minimum atomic E-state index is -1.04. The number of ether oxygens (including phenoxy) is 3. The molecule has 0 amide bonds. The summed E-state index contributed by atoms with van der Waals surface area (Å²) in [5.41, 5.74) is 0. The molecule has 1 heterocycles. The van der Waals surface area contributed by atoms with Gasteiger partial charge in [-0.2, -0.15) is 0 Å². The number of aliphatic hydroxyl groups excluding tert-OH is 1. The minimum absolute atomic E-state index is 0.431. The Labute approximate surface area is 71.7 Å². The monoisotopic (exact) mass is 174 g/mol. The summed E-state index contributed by atoms with van der Waals surface area (Å²) in [5, 5.41) is 9.36. The van der Waals surface area contributed by atoms with Crippen molar-refractivity contribution in [3.8, 4) is 0 Å². The van der Waals surface area contributed by atoms with Gasteiger partial charge in [-0.15, -0.1) is 0 Å². The standard InChI is InChI=1S/C8H14O4/c1-6(9)8(11-3)5-4-7(10-2)12-8/h4-7,9H,1-3H3/t6-,7-,8+/m1/s1. The highest BCUT2D eigenvalue weighted by atomic mass is 16.8. The lowest BCUT2D eigenvalue weighted by molar-refractivity contribution is -0.275. The first-order chi connectivity index (χ1) is 5.64. The molecule has 4 nitrogen and oxygen atoms in total. The summed E-state index contributed by atoms with van der Waals surface area (Å²) in [6.07, 6.45) is 2.21. The SMILES string of the molecule is CO[C@H]1C=C[C@@](OC)([C@@H](C)O)O1. The van der Waals surface area contributed by atoms with Crippen molar-refractivity contribution in [1.29, 1.82) is 0 Å². The van der Waals surface area contributed by atoms with Crippen LogP contribution in [0.5, 0.6) is 0 Å². The Bertz CT molecular complexity index is 178. The fourth-order valence-corrected chi connectivity index (χ4v) is 1.12. The Balaban J connectivity index is 2.68. The van der Waals surface area contributed by atoms with E-state index in [0.717, 1.165) is 0 Å². The molecule has 0 radical (unpaired) electrons. The van der Waals surface area contributed by atoms with E-state index in [1.807, 2.05) is 0 Å². The van der Waals surface area contributed by atoms with Crippen molar-refractivity contribution in [2.45, 2.75) is 25.1 Å². The molecule has 0 aromatic carbocycles. The largest absolute Gasteiger partial charge is 0.387 e. The predicted molar refractivity (Wildman–Crippen MR) is 42.4 cm³/mol. The van der Waals surface area contributed by atoms with Crippen LogP contribution < -0.4 is 0 Å². The maximum atomic E-state index is 9.36. The van der Waals surface area contributed by atoms with Crippen LogP contribution in [0.2, 0.25) is 0 Å². The van der Waals surface area contributed by atoms with Crippen molar-refractivity contribution >= 4 is 0 Å². The van der Waals surface area contributed by atoms with Gasteiger partial charge in [0.15, 0.2) is 6.29 Å². The first-order valence-electron chi connectivity index (χ1n) is 3.78. The van der Waals surface area contributed by atoms with Crippen LogP contribution in [0.1, 0.15) is 6.92 Å². The third kappa shape index (κ3) is 1.51. The summed E-state index contributed by atoms with van der Waals surface area (Å²) < 4.78 is 15.3. The Morgan fingerprint density at radius 1 is 1.58 bits per heavy atom. The highest BCUT2D eigenvalue weighted by molar-refractivity contribution is 5.07. The van der Waals surface area contributed by atoms with E-state index in [4.69, 9.17) is 14.2 Å². The molecule has 0 fully saturated rings. The van der Waals surface area contributed by atoms with Crippen LogP contribution in [-0.2, 0) is 14.2 Å². The molecule has 0 spiro atoms. The van der Waals surface area contributed by atoms with E-state index in [1.54, 1.807) is 19.1 Å². The van der Waals surface area contributed by atoms with Crippen LogP contribution >= 0.6 is 0 Å². The number of hydrogen-bond acceptors (Lipinski definition) is 4. The van der Waals surface area contributed by atoms with Gasteiger partial charge in [0.1, 0.15) is 6.10 Å². The molecule has 12 heavy (non-hydrogen) atoms. The molecule has 1 N–H and O–H groups in total. The smallest absolute Gasteiger partial charge is 0.217 e. The second-order valence-corrected chi connectivity index (χ2v) is 2.68. The lowest BCUT2D eigenvalue weighted by Gasteiger charge is -2.29. The van der Waals surface area contributed by atoms with Crippen molar-refractivity contribution in [1.82, 2.24) is 0 Å². The zero-order valence-corrected chi connectivity index (χ0v) is 7.48. The third-order valence-electron chi connectivity index (χ3n) is 1.92. The minimum Gasteiger partial charge on any atom is -0.387 e. The van der Waals surface area contributed by atoms with Crippen molar-refractivity contribution < 1.29 is 19.3 Å². The van der Waals surface area contributed by atoms with Gasteiger partial charge in [-0.1, -0.05) is 0 Å². The zero-order valence-electron chi connectivity index (χ0n) is 7.48. The third-order valence-corrected chi connectivity index (χ3v) is 1.92. The van der Waals surface area contributed by atoms with E-state index in [1.165, 1.54) is 14.2 Å². The summed E-state index contributed by atoms with van der Waals surface area (Å²) >= 11 is 0. The van der Waals surface area contributed by atoms with E-state index in [2.05, 4.69) is 0 Å². The fourth-order valence-electron chi connectivity index (χ4n) is 1.12. The van der Waals surface area contributed by atoms with Gasteiger partial charge in [-0.25, -0.2) is 0 Å². The van der Waals surface area contributed by atoms with Crippen LogP contribution in [0, 0.1) is 0 Å². The molecular weight excluding hydrogens is 160 g/mol. The van der Waals surface area contributed by atoms with Crippen molar-refractivity contribution in [2.24, 2.45) is 0 Å². The van der Waals surface area contributed by atoms with Crippen LogP contribution in [0.3, 0.4) is 0 Å². The fraction of sp³-hybridized carbons (Fsp3) is 0.750. The first kappa shape index (κ1) is 9.67. The quantitative estimate of drug-likeness (QED) is 0.624. The molecule has 4 heteroatoms. The summed E-state index contributed by atoms with van der Waals surface area (Å²) in [7, 11) is 3.01. The Kier molecular flexibility index (Phi) is 2.85. The summed E-state index contributed by atoms with van der Waals surface area (Å²) in [5.74, 6) is -1.04. The number of aliphatic hydroxyl groups is 1. The average Bonchev–Trinajstić information content (AvgIpc) is 2.48. The molecule has 1 aliphatic rings. The molecule has 0 aliphatic carbocycles. The predicted octanol–water partition coefficient (Wildman–Crippen LogP) is 0.269. The molecule has 1 rings (SSSR count). The van der Waals surface area contributed by atoms with Crippen LogP contribution in [0.4, 0.5) is 0 Å². The van der Waals surface area contributed by atoms with Crippen molar-refractivity contribution in [2.75, 3.05) is 14.2 Å². The molecule has 0 saturated heterocycles. The van der Waals surface area contributed by atoms with E-state index < -0.39 is 18.2 Å². The molecule has 70 valence electrons. The van der Waals surface area contributed by atoms with Crippen LogP contribution in [-0.4, -0.2) is 37.5 Å². The van der Waals surface area contributed by atoms with Gasteiger partial charge in [0.25, 0.3) is 0 Å². The number of rotatable bonds is 3. The molecule has 0 bridgehead atoms. The van der Waals surface area contributed by atoms with Crippen LogP contribution in [0.15, 0.2) is 12.2 Å². The Morgan fingerprint density at radius 3 is 2.50 bits per heavy atom. The van der Waals surface area contributed by atoms with Crippen molar-refractivity contribution in [3.63, 3.8) is 0 Å². The Hall–Kier alpha value is -0.420. The molecule has 3 atom stereocenters. The maximum absolute atomic E-state index is 9.36. The summed E-state index contributed by atoms with van der Waals surface area (Å²) in [6, 6.07) is 0. The van der Waals surface area contributed by atoms with E-state index in [0.29, 0.717) is 0 Å².